The topological polar surface area (TPSA) is 67.2 Å². The first kappa shape index (κ1) is 24.9. The smallest absolute Gasteiger partial charge is 0.315 e. The lowest BCUT2D eigenvalue weighted by Gasteiger charge is -2.30. The lowest BCUT2D eigenvalue weighted by Crippen LogP contribution is -2.40. The minimum absolute atomic E-state index is 0.188. The summed E-state index contributed by atoms with van der Waals surface area (Å²) in [5.74, 6) is 0.483. The fraction of sp³-hybridized carbons (Fsp3) is 0.222. The summed E-state index contributed by atoms with van der Waals surface area (Å²) in [6.07, 6.45) is 0.744. The van der Waals surface area contributed by atoms with Gasteiger partial charge in [0, 0.05) is 21.7 Å². The number of amides is 2. The zero-order valence-electron chi connectivity index (χ0n) is 19.8. The van der Waals surface area contributed by atoms with Gasteiger partial charge in [0.15, 0.2) is 0 Å². The minimum Gasteiger partial charge on any atom is -0.315 e. The maximum atomic E-state index is 13.7. The van der Waals surface area contributed by atoms with Gasteiger partial charge >= 0.3 is 6.03 Å². The molecule has 1 N–H and O–H groups in total. The summed E-state index contributed by atoms with van der Waals surface area (Å²) in [5, 5.41) is 4.07. The van der Waals surface area contributed by atoms with Crippen LogP contribution in [0.2, 0.25) is 5.02 Å². The highest BCUT2D eigenvalue weighted by molar-refractivity contribution is 9.10. The number of hydrogen-bond acceptors (Lipinski definition) is 3. The van der Waals surface area contributed by atoms with Crippen molar-refractivity contribution in [2.24, 2.45) is 0 Å². The second-order valence-corrected chi connectivity index (χ2v) is 9.72. The van der Waals surface area contributed by atoms with E-state index in [0.717, 1.165) is 16.5 Å². The zero-order valence-corrected chi connectivity index (χ0v) is 22.1. The quantitative estimate of drug-likeness (QED) is 0.276. The van der Waals surface area contributed by atoms with Gasteiger partial charge in [-0.15, -0.1) is 0 Å². The Hall–Kier alpha value is -3.16. The van der Waals surface area contributed by atoms with Crippen LogP contribution >= 0.6 is 27.5 Å². The number of para-hydroxylation sites is 1. The van der Waals surface area contributed by atoms with Crippen molar-refractivity contribution >= 4 is 50.2 Å². The van der Waals surface area contributed by atoms with Gasteiger partial charge in [0.2, 0.25) is 0 Å². The largest absolute Gasteiger partial charge is 0.322 e. The molecule has 1 aromatic heterocycles. The maximum Gasteiger partial charge on any atom is 0.322 e. The Bertz CT molecular complexity index is 1450. The van der Waals surface area contributed by atoms with Gasteiger partial charge in [0.25, 0.3) is 5.56 Å². The van der Waals surface area contributed by atoms with Crippen LogP contribution < -0.4 is 10.9 Å². The van der Waals surface area contributed by atoms with Crippen molar-refractivity contribution in [2.75, 3.05) is 11.9 Å². The highest BCUT2D eigenvalue weighted by atomic mass is 79.9. The molecule has 0 bridgehead atoms. The fourth-order valence-corrected chi connectivity index (χ4v) is 4.77. The molecular formula is C27H26BrClN4O2. The molecule has 1 atom stereocenters. The molecule has 6 nitrogen and oxygen atoms in total. The Morgan fingerprint density at radius 2 is 1.91 bits per heavy atom. The Balaban J connectivity index is 1.85. The average molecular weight is 554 g/mol. The van der Waals surface area contributed by atoms with E-state index in [1.165, 1.54) is 0 Å². The molecule has 1 heterocycles. The standard InChI is InChI=1S/C27H26BrClN4O2/c1-4-14-32(27(35)30-21-9-7-8-19(28)16-21)18(3)25-31-23-11-6-5-10-22(23)26(34)33(25)24-13-12-20(29)15-17(24)2/h5-13,15-16,18H,4,14H2,1-3H3,(H,30,35). The number of anilines is 1. The Morgan fingerprint density at radius 1 is 1.14 bits per heavy atom. The number of fused-ring (bicyclic) bond motifs is 1. The number of carbonyl (C=O) groups is 1. The first-order valence-corrected chi connectivity index (χ1v) is 12.6. The maximum absolute atomic E-state index is 13.7. The van der Waals surface area contributed by atoms with E-state index in [-0.39, 0.29) is 11.6 Å². The summed E-state index contributed by atoms with van der Waals surface area (Å²) in [4.78, 5) is 33.7. The number of hydrogen-bond donors (Lipinski definition) is 1. The first-order chi connectivity index (χ1) is 16.8. The van der Waals surface area contributed by atoms with Crippen molar-refractivity contribution in [2.45, 2.75) is 33.2 Å². The molecule has 180 valence electrons. The molecule has 0 aliphatic carbocycles. The second-order valence-electron chi connectivity index (χ2n) is 8.37. The normalized spacial score (nSPS) is 11.9. The Labute approximate surface area is 217 Å². The highest BCUT2D eigenvalue weighted by Gasteiger charge is 2.27. The van der Waals surface area contributed by atoms with E-state index in [0.29, 0.717) is 39.7 Å². The van der Waals surface area contributed by atoms with Gasteiger partial charge in [-0.3, -0.25) is 9.36 Å². The van der Waals surface area contributed by atoms with Crippen molar-refractivity contribution in [3.8, 4) is 5.69 Å². The third kappa shape index (κ3) is 5.26. The summed E-state index contributed by atoms with van der Waals surface area (Å²) in [6, 6.07) is 19.3. The SMILES string of the molecule is CCCN(C(=O)Nc1cccc(Br)c1)C(C)c1nc2ccccc2c(=O)n1-c1ccc(Cl)cc1C. The molecule has 0 saturated carbocycles. The van der Waals surface area contributed by atoms with E-state index >= 15 is 0 Å². The van der Waals surface area contributed by atoms with Crippen LogP contribution in [0, 0.1) is 6.92 Å². The number of nitrogens with zero attached hydrogens (tertiary/aromatic N) is 3. The van der Waals surface area contributed by atoms with Crippen molar-refractivity contribution in [1.82, 2.24) is 14.5 Å². The van der Waals surface area contributed by atoms with E-state index in [1.54, 1.807) is 21.6 Å². The highest BCUT2D eigenvalue weighted by Crippen LogP contribution is 2.27. The first-order valence-electron chi connectivity index (χ1n) is 11.4. The van der Waals surface area contributed by atoms with E-state index < -0.39 is 6.04 Å². The van der Waals surface area contributed by atoms with Crippen LogP contribution in [0.25, 0.3) is 16.6 Å². The van der Waals surface area contributed by atoms with Gasteiger partial charge < -0.3 is 10.2 Å². The molecule has 0 radical (unpaired) electrons. The number of carbonyl (C=O) groups excluding carboxylic acids is 1. The molecular weight excluding hydrogens is 528 g/mol. The number of aromatic nitrogens is 2. The third-order valence-corrected chi connectivity index (χ3v) is 6.57. The molecule has 0 fully saturated rings. The number of urea groups is 1. The summed E-state index contributed by atoms with van der Waals surface area (Å²) >= 11 is 9.64. The predicted molar refractivity (Wildman–Crippen MR) is 146 cm³/mol. The summed E-state index contributed by atoms with van der Waals surface area (Å²) < 4.78 is 2.47. The van der Waals surface area contributed by atoms with E-state index in [1.807, 2.05) is 75.4 Å². The molecule has 2 amide bonds. The number of aryl methyl sites for hydroxylation is 1. The predicted octanol–water partition coefficient (Wildman–Crippen LogP) is 7.12. The molecule has 0 aliphatic rings. The summed E-state index contributed by atoms with van der Waals surface area (Å²) in [6.45, 7) is 6.30. The number of benzene rings is 3. The van der Waals surface area contributed by atoms with Crippen LogP contribution in [0.1, 0.15) is 37.7 Å². The average Bonchev–Trinajstić information content (AvgIpc) is 2.82. The van der Waals surface area contributed by atoms with Crippen LogP contribution in [0.15, 0.2) is 76.0 Å². The van der Waals surface area contributed by atoms with Gasteiger partial charge in [-0.1, -0.05) is 52.7 Å². The monoisotopic (exact) mass is 552 g/mol. The lowest BCUT2D eigenvalue weighted by atomic mass is 10.1. The Kier molecular flexibility index (Phi) is 7.57. The fourth-order valence-electron chi connectivity index (χ4n) is 4.15. The molecule has 0 spiro atoms. The van der Waals surface area contributed by atoms with E-state index in [2.05, 4.69) is 21.2 Å². The Morgan fingerprint density at radius 3 is 2.63 bits per heavy atom. The molecule has 0 aliphatic heterocycles. The van der Waals surface area contributed by atoms with Crippen LogP contribution in [0.3, 0.4) is 0 Å². The van der Waals surface area contributed by atoms with Crippen molar-refractivity contribution < 1.29 is 4.79 Å². The molecule has 8 heteroatoms. The van der Waals surface area contributed by atoms with Crippen LogP contribution in [0.4, 0.5) is 10.5 Å². The van der Waals surface area contributed by atoms with E-state index in [9.17, 15) is 9.59 Å². The van der Waals surface area contributed by atoms with Gasteiger partial charge in [-0.2, -0.15) is 0 Å². The van der Waals surface area contributed by atoms with Crippen LogP contribution in [-0.4, -0.2) is 27.0 Å². The van der Waals surface area contributed by atoms with Crippen molar-refractivity contribution in [3.05, 3.63) is 98.0 Å². The van der Waals surface area contributed by atoms with Crippen molar-refractivity contribution in [1.29, 1.82) is 0 Å². The summed E-state index contributed by atoms with van der Waals surface area (Å²) in [5.41, 5.74) is 2.60. The summed E-state index contributed by atoms with van der Waals surface area (Å²) in [7, 11) is 0. The number of rotatable bonds is 6. The van der Waals surface area contributed by atoms with Crippen LogP contribution in [-0.2, 0) is 0 Å². The van der Waals surface area contributed by atoms with E-state index in [4.69, 9.17) is 16.6 Å². The van der Waals surface area contributed by atoms with Gasteiger partial charge in [-0.25, -0.2) is 9.78 Å². The number of halogens is 2. The molecule has 0 saturated heterocycles. The second kappa shape index (κ2) is 10.6. The lowest BCUT2D eigenvalue weighted by molar-refractivity contribution is 0.189. The van der Waals surface area contributed by atoms with Gasteiger partial charge in [0.05, 0.1) is 22.6 Å². The van der Waals surface area contributed by atoms with Crippen molar-refractivity contribution in [3.63, 3.8) is 0 Å². The molecule has 4 aromatic rings. The van der Waals surface area contributed by atoms with Crippen LogP contribution in [0.5, 0.6) is 0 Å². The molecule has 1 unspecified atom stereocenters. The van der Waals surface area contributed by atoms with Gasteiger partial charge in [-0.05, 0) is 74.4 Å². The minimum atomic E-state index is -0.491. The molecule has 4 rings (SSSR count). The molecule has 35 heavy (non-hydrogen) atoms. The third-order valence-electron chi connectivity index (χ3n) is 5.84. The number of nitrogens with one attached hydrogen (secondary N) is 1. The molecule has 3 aromatic carbocycles. The zero-order chi connectivity index (χ0) is 25.1. The van der Waals surface area contributed by atoms with Gasteiger partial charge in [0.1, 0.15) is 5.82 Å².